The molecule has 2 bridgehead atoms. The maximum Gasteiger partial charge on any atom is 0.312 e. The van der Waals surface area contributed by atoms with E-state index in [9.17, 15) is 19.5 Å². The number of rotatable bonds is 9. The molecule has 2 aromatic carbocycles. The lowest BCUT2D eigenvalue weighted by atomic mass is 9.62. The van der Waals surface area contributed by atoms with Gasteiger partial charge in [-0.05, 0) is 43.9 Å². The summed E-state index contributed by atoms with van der Waals surface area (Å²) in [5.74, 6) is -3.33. The molecule has 0 saturated carbocycles. The lowest BCUT2D eigenvalue weighted by Crippen LogP contribution is -2.57. The zero-order chi connectivity index (χ0) is 28.8. The molecule has 5 rings (SSSR count). The molecule has 0 aliphatic carbocycles. The number of carbonyl (C=O) groups excluding carboxylic acids is 3. The van der Waals surface area contributed by atoms with Crippen molar-refractivity contribution in [1.29, 1.82) is 0 Å². The van der Waals surface area contributed by atoms with Crippen molar-refractivity contribution in [3.8, 4) is 0 Å². The monoisotopic (exact) mass is 566 g/mol. The Kier molecular flexibility index (Phi) is 7.54. The SMILES string of the molecule is C=CCN(C(=O)C1N([C@H](CO)c2ccccc2)C(=O)[C@@H]2[C@H](C(=O)OCC)[C@@]3(C)OC12CC3C)c1ccccc1Cl. The first-order chi connectivity index (χ1) is 19.2. The van der Waals surface area contributed by atoms with Crippen LogP contribution < -0.4 is 4.90 Å². The molecule has 7 atom stereocenters. The molecule has 3 unspecified atom stereocenters. The van der Waals surface area contributed by atoms with E-state index in [1.54, 1.807) is 37.3 Å². The highest BCUT2D eigenvalue weighted by atomic mass is 35.5. The Morgan fingerprint density at radius 2 is 1.93 bits per heavy atom. The Balaban J connectivity index is 1.71. The molecule has 8 nitrogen and oxygen atoms in total. The molecule has 3 saturated heterocycles. The summed E-state index contributed by atoms with van der Waals surface area (Å²) in [4.78, 5) is 45.7. The van der Waals surface area contributed by atoms with Gasteiger partial charge in [0.15, 0.2) is 0 Å². The van der Waals surface area contributed by atoms with Crippen molar-refractivity contribution in [2.24, 2.45) is 17.8 Å². The van der Waals surface area contributed by atoms with E-state index in [-0.39, 0.29) is 19.1 Å². The summed E-state index contributed by atoms with van der Waals surface area (Å²) in [6.07, 6.45) is 1.98. The van der Waals surface area contributed by atoms with Gasteiger partial charge in [0.2, 0.25) is 5.91 Å². The number of hydrogen-bond acceptors (Lipinski definition) is 6. The molecule has 3 aliphatic rings. The van der Waals surface area contributed by atoms with Crippen LogP contribution in [0.1, 0.15) is 38.8 Å². The minimum atomic E-state index is -1.30. The summed E-state index contributed by atoms with van der Waals surface area (Å²) in [5, 5.41) is 11.0. The van der Waals surface area contributed by atoms with E-state index < -0.39 is 59.5 Å². The number of para-hydroxylation sites is 1. The van der Waals surface area contributed by atoms with Crippen molar-refractivity contribution >= 4 is 35.1 Å². The minimum absolute atomic E-state index is 0.130. The van der Waals surface area contributed by atoms with E-state index in [1.165, 1.54) is 9.80 Å². The maximum absolute atomic E-state index is 14.8. The van der Waals surface area contributed by atoms with Crippen molar-refractivity contribution < 1.29 is 29.0 Å². The molecule has 3 heterocycles. The van der Waals surface area contributed by atoms with E-state index in [1.807, 2.05) is 44.2 Å². The van der Waals surface area contributed by atoms with Crippen molar-refractivity contribution in [2.45, 2.75) is 50.5 Å². The number of benzene rings is 2. The lowest BCUT2D eigenvalue weighted by molar-refractivity contribution is -0.162. The number of hydrogen-bond donors (Lipinski definition) is 1. The Bertz CT molecular complexity index is 1320. The molecular formula is C31H35ClN2O6. The normalized spacial score (nSPS) is 31.1. The molecule has 3 aliphatic heterocycles. The minimum Gasteiger partial charge on any atom is -0.466 e. The molecule has 2 aromatic rings. The molecule has 2 amide bonds. The van der Waals surface area contributed by atoms with Gasteiger partial charge in [-0.1, -0.05) is 67.1 Å². The third-order valence-electron chi connectivity index (χ3n) is 8.94. The number of anilines is 1. The smallest absolute Gasteiger partial charge is 0.312 e. The number of likely N-dealkylation sites (tertiary alicyclic amines) is 1. The molecule has 1 spiro atoms. The fourth-order valence-corrected chi connectivity index (χ4v) is 7.40. The van der Waals surface area contributed by atoms with Crippen LogP contribution in [0.5, 0.6) is 0 Å². The van der Waals surface area contributed by atoms with Crippen molar-refractivity contribution in [1.82, 2.24) is 4.90 Å². The molecule has 9 heteroatoms. The number of aliphatic hydroxyl groups is 1. The van der Waals surface area contributed by atoms with E-state index in [0.717, 1.165) is 0 Å². The Morgan fingerprint density at radius 1 is 1.25 bits per heavy atom. The zero-order valence-electron chi connectivity index (χ0n) is 23.0. The van der Waals surface area contributed by atoms with E-state index >= 15 is 0 Å². The average molecular weight is 567 g/mol. The number of ether oxygens (including phenoxy) is 2. The predicted molar refractivity (Wildman–Crippen MR) is 151 cm³/mol. The van der Waals surface area contributed by atoms with Crippen LogP contribution in [0, 0.1) is 17.8 Å². The van der Waals surface area contributed by atoms with Crippen LogP contribution in [0.2, 0.25) is 5.02 Å². The van der Waals surface area contributed by atoms with Crippen molar-refractivity contribution in [3.63, 3.8) is 0 Å². The van der Waals surface area contributed by atoms with Gasteiger partial charge < -0.3 is 24.4 Å². The Labute approximate surface area is 239 Å². The van der Waals surface area contributed by atoms with Gasteiger partial charge in [-0.2, -0.15) is 0 Å². The summed E-state index contributed by atoms with van der Waals surface area (Å²) in [5.41, 5.74) is -1.16. The van der Waals surface area contributed by atoms with Crippen LogP contribution in [-0.2, 0) is 23.9 Å². The molecule has 1 N–H and O–H groups in total. The summed E-state index contributed by atoms with van der Waals surface area (Å²) in [6, 6.07) is 14.1. The van der Waals surface area contributed by atoms with Gasteiger partial charge in [-0.15, -0.1) is 6.58 Å². The van der Waals surface area contributed by atoms with Crippen LogP contribution in [0.25, 0.3) is 0 Å². The highest BCUT2D eigenvalue weighted by molar-refractivity contribution is 6.34. The highest BCUT2D eigenvalue weighted by Gasteiger charge is 2.81. The maximum atomic E-state index is 14.8. The topological polar surface area (TPSA) is 96.4 Å². The van der Waals surface area contributed by atoms with Crippen LogP contribution in [0.3, 0.4) is 0 Å². The summed E-state index contributed by atoms with van der Waals surface area (Å²) in [6.45, 7) is 9.23. The molecule has 212 valence electrons. The number of aliphatic hydroxyl groups excluding tert-OH is 1. The summed E-state index contributed by atoms with van der Waals surface area (Å²) in [7, 11) is 0. The van der Waals surface area contributed by atoms with Crippen molar-refractivity contribution in [2.75, 3.05) is 24.7 Å². The van der Waals surface area contributed by atoms with Gasteiger partial charge in [0.25, 0.3) is 5.91 Å². The van der Waals surface area contributed by atoms with Crippen LogP contribution >= 0.6 is 11.6 Å². The fraction of sp³-hybridized carbons (Fsp3) is 0.452. The second-order valence-corrected chi connectivity index (χ2v) is 11.4. The third-order valence-corrected chi connectivity index (χ3v) is 9.26. The Hall–Kier alpha value is -3.20. The highest BCUT2D eigenvalue weighted by Crippen LogP contribution is 2.66. The third kappa shape index (κ3) is 4.07. The van der Waals surface area contributed by atoms with Crippen LogP contribution in [-0.4, -0.2) is 64.8 Å². The first-order valence-corrected chi connectivity index (χ1v) is 14.1. The number of halogens is 1. The van der Waals surface area contributed by atoms with Gasteiger partial charge in [0.1, 0.15) is 17.6 Å². The molecule has 40 heavy (non-hydrogen) atoms. The van der Waals surface area contributed by atoms with Gasteiger partial charge in [-0.25, -0.2) is 0 Å². The summed E-state index contributed by atoms with van der Waals surface area (Å²) < 4.78 is 12.2. The number of amides is 2. The zero-order valence-corrected chi connectivity index (χ0v) is 23.7. The van der Waals surface area contributed by atoms with E-state index in [0.29, 0.717) is 22.7 Å². The first kappa shape index (κ1) is 28.3. The van der Waals surface area contributed by atoms with Crippen molar-refractivity contribution in [3.05, 3.63) is 77.8 Å². The van der Waals surface area contributed by atoms with Crippen LogP contribution in [0.4, 0.5) is 5.69 Å². The van der Waals surface area contributed by atoms with E-state index in [2.05, 4.69) is 6.58 Å². The first-order valence-electron chi connectivity index (χ1n) is 13.7. The number of carbonyl (C=O) groups is 3. The second kappa shape index (κ2) is 10.7. The van der Waals surface area contributed by atoms with Crippen LogP contribution in [0.15, 0.2) is 67.3 Å². The number of esters is 1. The molecule has 3 fully saturated rings. The number of nitrogens with zero attached hydrogens (tertiary/aromatic N) is 2. The molecule has 0 radical (unpaired) electrons. The quantitative estimate of drug-likeness (QED) is 0.362. The average Bonchev–Trinajstić information content (AvgIpc) is 3.45. The largest absolute Gasteiger partial charge is 0.466 e. The second-order valence-electron chi connectivity index (χ2n) is 11.0. The molecule has 0 aromatic heterocycles. The lowest BCUT2D eigenvalue weighted by Gasteiger charge is -2.39. The van der Waals surface area contributed by atoms with Gasteiger partial charge >= 0.3 is 5.97 Å². The Morgan fingerprint density at radius 3 is 2.55 bits per heavy atom. The molecular weight excluding hydrogens is 532 g/mol. The van der Waals surface area contributed by atoms with E-state index in [4.69, 9.17) is 21.1 Å². The summed E-state index contributed by atoms with van der Waals surface area (Å²) >= 11 is 6.55. The van der Waals surface area contributed by atoms with Gasteiger partial charge in [0.05, 0.1) is 41.5 Å². The number of fused-ring (bicyclic) bond motifs is 1. The fourth-order valence-electron chi connectivity index (χ4n) is 7.17. The van der Waals surface area contributed by atoms with Gasteiger partial charge in [-0.3, -0.25) is 14.4 Å². The predicted octanol–water partition coefficient (Wildman–Crippen LogP) is 4.17. The standard InChI is InChI=1S/C31H35ClN2O6/c1-5-16-33(22-15-11-10-14-21(22)32)28(37)26-31-17-19(3)30(4,40-31)25(29(38)39-6-2)24(31)27(36)34(26)23(18-35)20-12-8-7-9-13-20/h5,7-15,19,23-26,35H,1,6,16-18H2,2-4H3/t19?,23-,24+,25-,26?,30+,31?/m1/s1. The van der Waals surface area contributed by atoms with Gasteiger partial charge in [0, 0.05) is 6.54 Å².